The Morgan fingerprint density at radius 3 is 3.08 bits per heavy atom. The molecule has 1 amide bonds. The topological polar surface area (TPSA) is 71.2 Å². The van der Waals surface area contributed by atoms with Crippen LogP contribution in [-0.2, 0) is 11.3 Å². The van der Waals surface area contributed by atoms with Crippen LogP contribution in [0.1, 0.15) is 37.7 Å². The summed E-state index contributed by atoms with van der Waals surface area (Å²) in [5.74, 6) is 1.49. The largest absolute Gasteiger partial charge is 0.369 e. The first-order chi connectivity index (χ1) is 11.7. The van der Waals surface area contributed by atoms with Gasteiger partial charge in [0.05, 0.1) is 5.92 Å². The summed E-state index contributed by atoms with van der Waals surface area (Å²) < 4.78 is 0. The fraction of sp³-hybridized carbons (Fsp3) is 0.579. The molecule has 1 aromatic rings. The molecule has 0 unspecified atom stereocenters. The third kappa shape index (κ3) is 4.35. The molecule has 3 rings (SSSR count). The Balaban J connectivity index is 1.60. The first-order valence-electron chi connectivity index (χ1n) is 9.08. The van der Waals surface area contributed by atoms with Crippen LogP contribution in [0, 0.1) is 11.8 Å². The number of hydrogen-bond donors (Lipinski definition) is 2. The first kappa shape index (κ1) is 17.0. The van der Waals surface area contributed by atoms with Gasteiger partial charge in [-0.25, -0.2) is 4.98 Å². The maximum absolute atomic E-state index is 11.5. The lowest BCUT2D eigenvalue weighted by Crippen LogP contribution is -2.42. The minimum atomic E-state index is -0.194. The molecule has 3 N–H and O–H groups in total. The van der Waals surface area contributed by atoms with E-state index in [1.165, 1.54) is 24.8 Å². The Kier molecular flexibility index (Phi) is 5.86. The molecule has 0 radical (unpaired) electrons. The van der Waals surface area contributed by atoms with Crippen LogP contribution in [0.5, 0.6) is 0 Å². The van der Waals surface area contributed by atoms with Crippen molar-refractivity contribution in [1.29, 1.82) is 0 Å². The van der Waals surface area contributed by atoms with Gasteiger partial charge >= 0.3 is 0 Å². The number of carbonyl (C=O) groups is 1. The van der Waals surface area contributed by atoms with E-state index >= 15 is 0 Å². The number of nitrogens with one attached hydrogen (secondary N) is 1. The number of pyridine rings is 1. The van der Waals surface area contributed by atoms with Crippen molar-refractivity contribution < 1.29 is 4.79 Å². The molecule has 5 nitrogen and oxygen atoms in total. The number of piperidine rings is 1. The quantitative estimate of drug-likeness (QED) is 0.786. The summed E-state index contributed by atoms with van der Waals surface area (Å²) >= 11 is 0. The van der Waals surface area contributed by atoms with Crippen molar-refractivity contribution in [2.45, 2.75) is 38.6 Å². The van der Waals surface area contributed by atoms with Crippen molar-refractivity contribution in [3.8, 4) is 0 Å². The van der Waals surface area contributed by atoms with Crippen LogP contribution in [0.15, 0.2) is 30.5 Å². The van der Waals surface area contributed by atoms with E-state index in [4.69, 9.17) is 5.73 Å². The number of amides is 1. The van der Waals surface area contributed by atoms with Crippen LogP contribution in [-0.4, -0.2) is 30.5 Å². The van der Waals surface area contributed by atoms with Crippen LogP contribution in [0.4, 0.5) is 5.82 Å². The van der Waals surface area contributed by atoms with E-state index in [2.05, 4.69) is 33.4 Å². The fourth-order valence-electron chi connectivity index (χ4n) is 3.71. The molecule has 1 aromatic heterocycles. The molecule has 1 aliphatic carbocycles. The normalized spacial score (nSPS) is 24.1. The van der Waals surface area contributed by atoms with Crippen molar-refractivity contribution in [1.82, 2.24) is 10.3 Å². The van der Waals surface area contributed by atoms with Gasteiger partial charge in [-0.3, -0.25) is 4.79 Å². The summed E-state index contributed by atoms with van der Waals surface area (Å²) in [6.45, 7) is 3.50. The van der Waals surface area contributed by atoms with E-state index in [0.717, 1.165) is 44.2 Å². The Morgan fingerprint density at radius 1 is 1.38 bits per heavy atom. The fourth-order valence-corrected chi connectivity index (χ4v) is 3.71. The third-order valence-electron chi connectivity index (χ3n) is 5.12. The predicted molar refractivity (Wildman–Crippen MR) is 96.6 cm³/mol. The molecule has 5 heteroatoms. The Labute approximate surface area is 144 Å². The van der Waals surface area contributed by atoms with E-state index in [1.807, 2.05) is 12.3 Å². The smallest absolute Gasteiger partial charge is 0.222 e. The lowest BCUT2D eigenvalue weighted by atomic mass is 9.94. The summed E-state index contributed by atoms with van der Waals surface area (Å²) in [5, 5.41) is 3.59. The third-order valence-corrected chi connectivity index (χ3v) is 5.12. The highest BCUT2D eigenvalue weighted by atomic mass is 16.1. The van der Waals surface area contributed by atoms with Crippen molar-refractivity contribution >= 4 is 11.7 Å². The van der Waals surface area contributed by atoms with Gasteiger partial charge < -0.3 is 16.0 Å². The molecular weight excluding hydrogens is 300 g/mol. The van der Waals surface area contributed by atoms with E-state index < -0.39 is 0 Å². The Bertz CT molecular complexity index is 586. The van der Waals surface area contributed by atoms with Crippen LogP contribution < -0.4 is 16.0 Å². The van der Waals surface area contributed by atoms with E-state index in [-0.39, 0.29) is 11.8 Å². The standard InChI is InChI=1S/C19H28N4O/c20-18(24)17-9-5-11-23(14-17)19-16(8-4-10-22-19)13-21-12-15-6-2-1-3-7-15/h1-2,4,8,10,15,17,21H,3,5-7,9,11-14H2,(H2,20,24)/t15-,17+/m0/s1. The highest BCUT2D eigenvalue weighted by Gasteiger charge is 2.25. The molecule has 1 fully saturated rings. The highest BCUT2D eigenvalue weighted by molar-refractivity contribution is 5.77. The van der Waals surface area contributed by atoms with Gasteiger partial charge in [0.15, 0.2) is 0 Å². The van der Waals surface area contributed by atoms with Gasteiger partial charge in [0.25, 0.3) is 0 Å². The summed E-state index contributed by atoms with van der Waals surface area (Å²) in [4.78, 5) is 18.3. The molecule has 0 saturated carbocycles. The van der Waals surface area contributed by atoms with Crippen molar-refractivity contribution in [3.63, 3.8) is 0 Å². The van der Waals surface area contributed by atoms with Crippen LogP contribution >= 0.6 is 0 Å². The predicted octanol–water partition coefficient (Wildman–Crippen LogP) is 2.23. The monoisotopic (exact) mass is 328 g/mol. The molecule has 0 bridgehead atoms. The van der Waals surface area contributed by atoms with E-state index in [9.17, 15) is 4.79 Å². The molecule has 1 saturated heterocycles. The van der Waals surface area contributed by atoms with Gasteiger partial charge in [-0.05, 0) is 50.6 Å². The molecule has 2 atom stereocenters. The molecular formula is C19H28N4O. The molecule has 130 valence electrons. The Hall–Kier alpha value is -1.88. The highest BCUT2D eigenvalue weighted by Crippen LogP contribution is 2.24. The van der Waals surface area contributed by atoms with E-state index in [0.29, 0.717) is 6.54 Å². The zero-order valence-electron chi connectivity index (χ0n) is 14.3. The maximum atomic E-state index is 11.5. The second kappa shape index (κ2) is 8.29. The summed E-state index contributed by atoms with van der Waals surface area (Å²) in [7, 11) is 0. The molecule has 24 heavy (non-hydrogen) atoms. The average Bonchev–Trinajstić information content (AvgIpc) is 2.63. The van der Waals surface area contributed by atoms with Gasteiger partial charge in [0.2, 0.25) is 5.91 Å². The number of nitrogens with zero attached hydrogens (tertiary/aromatic N) is 2. The second-order valence-corrected chi connectivity index (χ2v) is 6.96. The van der Waals surface area contributed by atoms with Crippen LogP contribution in [0.2, 0.25) is 0 Å². The van der Waals surface area contributed by atoms with Gasteiger partial charge in [-0.15, -0.1) is 0 Å². The van der Waals surface area contributed by atoms with Crippen molar-refractivity contribution in [2.24, 2.45) is 17.6 Å². The van der Waals surface area contributed by atoms with Gasteiger partial charge in [0, 0.05) is 31.4 Å². The first-order valence-corrected chi connectivity index (χ1v) is 9.08. The summed E-state index contributed by atoms with van der Waals surface area (Å²) in [6, 6.07) is 4.11. The summed E-state index contributed by atoms with van der Waals surface area (Å²) in [6.07, 6.45) is 11.9. The minimum absolute atomic E-state index is 0.0596. The minimum Gasteiger partial charge on any atom is -0.369 e. The molecule has 2 aliphatic rings. The van der Waals surface area contributed by atoms with Crippen LogP contribution in [0.3, 0.4) is 0 Å². The van der Waals surface area contributed by atoms with Crippen molar-refractivity contribution in [2.75, 3.05) is 24.5 Å². The SMILES string of the molecule is NC(=O)[C@@H]1CCCN(c2ncccc2CNC[C@H]2CC=CCC2)C1. The van der Waals surface area contributed by atoms with E-state index in [1.54, 1.807) is 0 Å². The number of rotatable bonds is 6. The zero-order chi connectivity index (χ0) is 16.8. The Morgan fingerprint density at radius 2 is 2.29 bits per heavy atom. The lowest BCUT2D eigenvalue weighted by molar-refractivity contribution is -0.122. The molecule has 0 spiro atoms. The zero-order valence-corrected chi connectivity index (χ0v) is 14.3. The number of carbonyl (C=O) groups excluding carboxylic acids is 1. The second-order valence-electron chi connectivity index (χ2n) is 6.96. The average molecular weight is 328 g/mol. The van der Waals surface area contributed by atoms with Gasteiger partial charge in [0.1, 0.15) is 5.82 Å². The molecule has 0 aromatic carbocycles. The van der Waals surface area contributed by atoms with Gasteiger partial charge in [-0.1, -0.05) is 18.2 Å². The number of primary amides is 1. The number of aromatic nitrogens is 1. The molecule has 1 aliphatic heterocycles. The molecule has 2 heterocycles. The number of anilines is 1. The van der Waals surface area contributed by atoms with Crippen LogP contribution in [0.25, 0.3) is 0 Å². The number of allylic oxidation sites excluding steroid dienone is 2. The summed E-state index contributed by atoms with van der Waals surface area (Å²) in [5.41, 5.74) is 6.71. The maximum Gasteiger partial charge on any atom is 0.222 e. The van der Waals surface area contributed by atoms with Gasteiger partial charge in [-0.2, -0.15) is 0 Å². The lowest BCUT2D eigenvalue weighted by Gasteiger charge is -2.33. The van der Waals surface area contributed by atoms with Crippen molar-refractivity contribution in [3.05, 3.63) is 36.0 Å². The number of hydrogen-bond acceptors (Lipinski definition) is 4. The number of nitrogens with two attached hydrogens (primary N) is 1.